The molecule has 1 saturated carbocycles. The quantitative estimate of drug-likeness (QED) is 0.882. The van der Waals surface area contributed by atoms with Gasteiger partial charge in [-0.15, -0.1) is 0 Å². The van der Waals surface area contributed by atoms with Gasteiger partial charge in [-0.25, -0.2) is 4.98 Å². The summed E-state index contributed by atoms with van der Waals surface area (Å²) >= 11 is 1.23. The first-order valence-corrected chi connectivity index (χ1v) is 8.90. The van der Waals surface area contributed by atoms with Crippen LogP contribution in [0.15, 0.2) is 0 Å². The van der Waals surface area contributed by atoms with Crippen LogP contribution in [0.2, 0.25) is 0 Å². The molecule has 0 unspecified atom stereocenters. The number of fused-ring (bicyclic) bond motifs is 1. The lowest BCUT2D eigenvalue weighted by Gasteiger charge is -2.23. The number of ketones is 1. The minimum Gasteiger partial charge on any atom is -0.354 e. The highest BCUT2D eigenvalue weighted by Crippen LogP contribution is 2.34. The van der Waals surface area contributed by atoms with Gasteiger partial charge >= 0.3 is 0 Å². The van der Waals surface area contributed by atoms with Crippen molar-refractivity contribution in [3.63, 3.8) is 0 Å². The normalized spacial score (nSPS) is 20.8. The second-order valence-electron chi connectivity index (χ2n) is 6.60. The van der Waals surface area contributed by atoms with Crippen LogP contribution < -0.4 is 10.6 Å². The molecule has 0 bridgehead atoms. The maximum Gasteiger partial charge on any atom is 0.229 e. The molecule has 7 heteroatoms. The molecule has 0 saturated heterocycles. The van der Waals surface area contributed by atoms with Crippen LogP contribution >= 0.6 is 11.3 Å². The Hall–Kier alpha value is -1.76. The number of carbonyl (C=O) groups is 3. The van der Waals surface area contributed by atoms with Crippen LogP contribution in [-0.2, 0) is 16.0 Å². The summed E-state index contributed by atoms with van der Waals surface area (Å²) in [5.41, 5.74) is 0.638. The lowest BCUT2D eigenvalue weighted by Crippen LogP contribution is -2.39. The molecule has 124 valence electrons. The fourth-order valence-corrected chi connectivity index (χ4v) is 3.79. The summed E-state index contributed by atoms with van der Waals surface area (Å²) in [5.74, 6) is -0.460. The Morgan fingerprint density at radius 2 is 1.91 bits per heavy atom. The van der Waals surface area contributed by atoms with Gasteiger partial charge in [0.05, 0.1) is 16.5 Å². The van der Waals surface area contributed by atoms with Crippen molar-refractivity contribution in [2.45, 2.75) is 52.0 Å². The fraction of sp³-hybridized carbons (Fsp3) is 0.625. The van der Waals surface area contributed by atoms with E-state index in [1.807, 2.05) is 13.8 Å². The van der Waals surface area contributed by atoms with Gasteiger partial charge in [0.15, 0.2) is 10.9 Å². The topological polar surface area (TPSA) is 88.2 Å². The number of thiazole rings is 1. The average molecular weight is 335 g/mol. The highest BCUT2D eigenvalue weighted by atomic mass is 32.1. The lowest BCUT2D eigenvalue weighted by molar-refractivity contribution is -0.125. The third-order valence-electron chi connectivity index (χ3n) is 4.33. The second-order valence-corrected chi connectivity index (χ2v) is 7.60. The Morgan fingerprint density at radius 3 is 2.52 bits per heavy atom. The number of aromatic nitrogens is 1. The van der Waals surface area contributed by atoms with Gasteiger partial charge in [0, 0.05) is 24.8 Å². The Labute approximate surface area is 139 Å². The molecular formula is C16H21N3O3S. The highest BCUT2D eigenvalue weighted by molar-refractivity contribution is 7.17. The molecule has 2 aliphatic carbocycles. The molecule has 0 aliphatic heterocycles. The summed E-state index contributed by atoms with van der Waals surface area (Å²) in [5, 5.41) is 6.14. The Kier molecular flexibility index (Phi) is 4.48. The number of carbonyl (C=O) groups excluding carboxylic acids is 3. The number of hydrogen-bond acceptors (Lipinski definition) is 5. The van der Waals surface area contributed by atoms with E-state index in [9.17, 15) is 14.4 Å². The lowest BCUT2D eigenvalue weighted by atomic mass is 9.85. The molecule has 3 rings (SSSR count). The largest absolute Gasteiger partial charge is 0.354 e. The molecule has 0 aromatic carbocycles. The van der Waals surface area contributed by atoms with Crippen LogP contribution in [0.5, 0.6) is 0 Å². The number of Topliss-reactive ketones (excluding diaryl/α,β-unsaturated/α-hetero) is 1. The average Bonchev–Trinajstić information content (AvgIpc) is 2.78. The predicted octanol–water partition coefficient (Wildman–Crippen LogP) is 2.15. The van der Waals surface area contributed by atoms with E-state index in [0.29, 0.717) is 22.1 Å². The predicted molar refractivity (Wildman–Crippen MR) is 87.5 cm³/mol. The zero-order valence-corrected chi connectivity index (χ0v) is 14.2. The van der Waals surface area contributed by atoms with Gasteiger partial charge < -0.3 is 10.6 Å². The van der Waals surface area contributed by atoms with E-state index in [0.717, 1.165) is 19.3 Å². The number of rotatable bonds is 4. The Morgan fingerprint density at radius 1 is 1.17 bits per heavy atom. The molecule has 1 heterocycles. The summed E-state index contributed by atoms with van der Waals surface area (Å²) in [6, 6.07) is 0.0479. The molecule has 2 N–H and O–H groups in total. The standard InChI is InChI=1S/C16H21N3O3S/c1-8(2)17-15(22)10-6-11-13(12(20)7-10)23-16(18-11)19-14(21)9-4-3-5-9/h8-10H,3-7H2,1-2H3,(H,17,22)(H,18,19,21)/t10-/m1/s1. The molecule has 2 amide bonds. The molecule has 2 aliphatic rings. The van der Waals surface area contributed by atoms with Gasteiger partial charge in [-0.2, -0.15) is 0 Å². The van der Waals surface area contributed by atoms with Gasteiger partial charge in [0.1, 0.15) is 0 Å². The van der Waals surface area contributed by atoms with Crippen LogP contribution in [-0.4, -0.2) is 28.6 Å². The van der Waals surface area contributed by atoms with E-state index in [2.05, 4.69) is 15.6 Å². The molecule has 1 fully saturated rings. The van der Waals surface area contributed by atoms with E-state index >= 15 is 0 Å². The minimum absolute atomic E-state index is 0.0103. The second kappa shape index (κ2) is 6.39. The smallest absolute Gasteiger partial charge is 0.229 e. The summed E-state index contributed by atoms with van der Waals surface area (Å²) in [7, 11) is 0. The Bertz CT molecular complexity index is 649. The fourth-order valence-electron chi connectivity index (χ4n) is 2.85. The van der Waals surface area contributed by atoms with Crippen LogP contribution in [0.1, 0.15) is 54.9 Å². The van der Waals surface area contributed by atoms with Crippen molar-refractivity contribution in [1.29, 1.82) is 0 Å². The molecule has 23 heavy (non-hydrogen) atoms. The summed E-state index contributed by atoms with van der Waals surface area (Å²) in [6.07, 6.45) is 3.61. The highest BCUT2D eigenvalue weighted by Gasteiger charge is 2.34. The van der Waals surface area contributed by atoms with Crippen molar-refractivity contribution in [3.8, 4) is 0 Å². The first-order chi connectivity index (χ1) is 10.9. The summed E-state index contributed by atoms with van der Waals surface area (Å²) in [6.45, 7) is 3.79. The SMILES string of the molecule is CC(C)NC(=O)[C@H]1CC(=O)c2sc(NC(=O)C3CCC3)nc2C1. The number of amides is 2. The number of nitrogens with zero attached hydrogens (tertiary/aromatic N) is 1. The molecule has 6 nitrogen and oxygen atoms in total. The third-order valence-corrected chi connectivity index (χ3v) is 5.38. The van der Waals surface area contributed by atoms with Crippen molar-refractivity contribution in [2.75, 3.05) is 5.32 Å². The van der Waals surface area contributed by atoms with E-state index in [1.165, 1.54) is 11.3 Å². The number of anilines is 1. The maximum absolute atomic E-state index is 12.3. The third kappa shape index (κ3) is 3.44. The van der Waals surface area contributed by atoms with Crippen LogP contribution in [0.3, 0.4) is 0 Å². The first kappa shape index (κ1) is 16.1. The molecule has 1 aromatic rings. The van der Waals surface area contributed by atoms with Crippen molar-refractivity contribution in [2.24, 2.45) is 11.8 Å². The molecule has 0 spiro atoms. The van der Waals surface area contributed by atoms with Gasteiger partial charge in [-0.3, -0.25) is 14.4 Å². The van der Waals surface area contributed by atoms with Gasteiger partial charge in [-0.05, 0) is 26.7 Å². The van der Waals surface area contributed by atoms with E-state index in [1.54, 1.807) is 0 Å². The number of nitrogens with one attached hydrogen (secondary N) is 2. The molecular weight excluding hydrogens is 314 g/mol. The zero-order valence-electron chi connectivity index (χ0n) is 13.3. The minimum atomic E-state index is -0.366. The van der Waals surface area contributed by atoms with E-state index < -0.39 is 0 Å². The van der Waals surface area contributed by atoms with E-state index in [-0.39, 0.29) is 41.9 Å². The Balaban J connectivity index is 1.70. The van der Waals surface area contributed by atoms with Gasteiger partial charge in [-0.1, -0.05) is 17.8 Å². The van der Waals surface area contributed by atoms with E-state index in [4.69, 9.17) is 0 Å². The van der Waals surface area contributed by atoms with Gasteiger partial charge in [0.25, 0.3) is 0 Å². The summed E-state index contributed by atoms with van der Waals surface area (Å²) < 4.78 is 0. The van der Waals surface area contributed by atoms with Crippen LogP contribution in [0, 0.1) is 11.8 Å². The monoisotopic (exact) mass is 335 g/mol. The van der Waals surface area contributed by atoms with Crippen LogP contribution in [0.4, 0.5) is 5.13 Å². The zero-order chi connectivity index (χ0) is 16.6. The van der Waals surface area contributed by atoms with Crippen molar-refractivity contribution < 1.29 is 14.4 Å². The van der Waals surface area contributed by atoms with Crippen molar-refractivity contribution >= 4 is 34.1 Å². The maximum atomic E-state index is 12.3. The molecule has 1 atom stereocenters. The molecule has 1 aromatic heterocycles. The van der Waals surface area contributed by atoms with Crippen LogP contribution in [0.25, 0.3) is 0 Å². The number of hydrogen-bond donors (Lipinski definition) is 2. The molecule has 0 radical (unpaired) electrons. The van der Waals surface area contributed by atoms with Crippen molar-refractivity contribution in [1.82, 2.24) is 10.3 Å². The van der Waals surface area contributed by atoms with Gasteiger partial charge in [0.2, 0.25) is 11.8 Å². The van der Waals surface area contributed by atoms with Crippen molar-refractivity contribution in [3.05, 3.63) is 10.6 Å². The summed E-state index contributed by atoms with van der Waals surface area (Å²) in [4.78, 5) is 41.3. The first-order valence-electron chi connectivity index (χ1n) is 8.08.